The fourth-order valence-corrected chi connectivity index (χ4v) is 3.64. The van der Waals surface area contributed by atoms with E-state index in [0.29, 0.717) is 0 Å². The molecule has 2 unspecified atom stereocenters. The predicted molar refractivity (Wildman–Crippen MR) is 65.0 cm³/mol. The fourth-order valence-electron chi connectivity index (χ4n) is 2.28. The van der Waals surface area contributed by atoms with Crippen LogP contribution in [0.5, 0.6) is 0 Å². The fraction of sp³-hybridized carbons (Fsp3) is 0.500. The number of aliphatic hydroxyl groups is 1. The minimum Gasteiger partial charge on any atom is -0.396 e. The smallest absolute Gasteiger partial charge is 0.240 e. The molecule has 0 aromatic heterocycles. The molecule has 0 aliphatic heterocycles. The van der Waals surface area contributed by atoms with Gasteiger partial charge >= 0.3 is 0 Å². The first-order chi connectivity index (χ1) is 8.13. The summed E-state index contributed by atoms with van der Waals surface area (Å²) in [7, 11) is -3.45. The maximum Gasteiger partial charge on any atom is 0.240 e. The van der Waals surface area contributed by atoms with Gasteiger partial charge in [0.2, 0.25) is 10.0 Å². The van der Waals surface area contributed by atoms with Gasteiger partial charge in [-0.2, -0.15) is 0 Å². The molecule has 0 radical (unpaired) electrons. The molecule has 5 heteroatoms. The van der Waals surface area contributed by atoms with E-state index < -0.39 is 10.0 Å². The van der Waals surface area contributed by atoms with Crippen LogP contribution in [-0.4, -0.2) is 26.2 Å². The van der Waals surface area contributed by atoms with Gasteiger partial charge in [-0.15, -0.1) is 0 Å². The van der Waals surface area contributed by atoms with Crippen molar-refractivity contribution in [2.45, 2.75) is 30.2 Å². The third kappa shape index (κ3) is 2.86. The van der Waals surface area contributed by atoms with E-state index in [1.54, 1.807) is 30.3 Å². The predicted octanol–water partition coefficient (Wildman–Crippen LogP) is 1.13. The van der Waals surface area contributed by atoms with E-state index in [9.17, 15) is 8.42 Å². The molecule has 2 N–H and O–H groups in total. The highest BCUT2D eigenvalue weighted by atomic mass is 32.2. The van der Waals surface area contributed by atoms with E-state index in [2.05, 4.69) is 4.72 Å². The maximum atomic E-state index is 12.1. The van der Waals surface area contributed by atoms with Crippen molar-refractivity contribution in [1.82, 2.24) is 4.72 Å². The summed E-state index contributed by atoms with van der Waals surface area (Å²) in [6.45, 7) is 0.0436. The van der Waals surface area contributed by atoms with Crippen molar-refractivity contribution in [2.75, 3.05) is 6.61 Å². The van der Waals surface area contributed by atoms with Crippen molar-refractivity contribution in [1.29, 1.82) is 0 Å². The van der Waals surface area contributed by atoms with Crippen LogP contribution < -0.4 is 4.72 Å². The highest BCUT2D eigenvalue weighted by Crippen LogP contribution is 2.26. The first-order valence-corrected chi connectivity index (χ1v) is 7.30. The summed E-state index contributed by atoms with van der Waals surface area (Å²) in [6.07, 6.45) is 2.66. The quantitative estimate of drug-likeness (QED) is 0.847. The Bertz CT molecular complexity index is 458. The average molecular weight is 255 g/mol. The molecule has 0 bridgehead atoms. The molecule has 2 atom stereocenters. The average Bonchev–Trinajstić information content (AvgIpc) is 2.77. The number of benzene rings is 1. The van der Waals surface area contributed by atoms with Gasteiger partial charge in [-0.05, 0) is 30.9 Å². The molecule has 2 rings (SSSR count). The van der Waals surface area contributed by atoms with E-state index in [-0.39, 0.29) is 23.5 Å². The molecule has 1 aromatic carbocycles. The van der Waals surface area contributed by atoms with Crippen LogP contribution in [0.4, 0.5) is 0 Å². The largest absolute Gasteiger partial charge is 0.396 e. The van der Waals surface area contributed by atoms with Crippen LogP contribution in [0.3, 0.4) is 0 Å². The van der Waals surface area contributed by atoms with Gasteiger partial charge in [-0.1, -0.05) is 24.6 Å². The Balaban J connectivity index is 2.13. The second-order valence-corrected chi connectivity index (χ2v) is 6.13. The van der Waals surface area contributed by atoms with Crippen molar-refractivity contribution >= 4 is 10.0 Å². The van der Waals surface area contributed by atoms with Crippen LogP contribution in [0.25, 0.3) is 0 Å². The molecule has 1 aliphatic rings. The molecule has 1 saturated carbocycles. The van der Waals surface area contributed by atoms with Gasteiger partial charge in [0.1, 0.15) is 0 Å². The number of rotatable bonds is 4. The molecule has 0 heterocycles. The van der Waals surface area contributed by atoms with Gasteiger partial charge < -0.3 is 5.11 Å². The summed E-state index contributed by atoms with van der Waals surface area (Å²) in [5.74, 6) is 0.0495. The SMILES string of the molecule is O=S(=O)(NC1CCCC1CO)c1ccccc1. The van der Waals surface area contributed by atoms with Crippen molar-refractivity contribution < 1.29 is 13.5 Å². The van der Waals surface area contributed by atoms with E-state index in [1.807, 2.05) is 0 Å². The van der Waals surface area contributed by atoms with Gasteiger partial charge in [-0.3, -0.25) is 0 Å². The van der Waals surface area contributed by atoms with Gasteiger partial charge in [-0.25, -0.2) is 13.1 Å². The lowest BCUT2D eigenvalue weighted by Gasteiger charge is -2.18. The van der Waals surface area contributed by atoms with E-state index in [4.69, 9.17) is 5.11 Å². The van der Waals surface area contributed by atoms with Gasteiger partial charge in [0.25, 0.3) is 0 Å². The molecule has 94 valence electrons. The van der Waals surface area contributed by atoms with Crippen molar-refractivity contribution in [3.63, 3.8) is 0 Å². The Labute approximate surface area is 102 Å². The lowest BCUT2D eigenvalue weighted by molar-refractivity contribution is 0.213. The zero-order chi connectivity index (χ0) is 12.3. The molecule has 1 aliphatic carbocycles. The van der Waals surface area contributed by atoms with Crippen LogP contribution in [-0.2, 0) is 10.0 Å². The Morgan fingerprint density at radius 3 is 2.59 bits per heavy atom. The van der Waals surface area contributed by atoms with Crippen LogP contribution in [0.2, 0.25) is 0 Å². The zero-order valence-corrected chi connectivity index (χ0v) is 10.4. The van der Waals surface area contributed by atoms with Crippen LogP contribution in [0.15, 0.2) is 35.2 Å². The molecule has 0 spiro atoms. The number of aliphatic hydroxyl groups excluding tert-OH is 1. The highest BCUT2D eigenvalue weighted by Gasteiger charge is 2.30. The van der Waals surface area contributed by atoms with Gasteiger partial charge in [0, 0.05) is 12.6 Å². The Kier molecular flexibility index (Phi) is 3.81. The van der Waals surface area contributed by atoms with E-state index in [0.717, 1.165) is 19.3 Å². The summed E-state index contributed by atoms with van der Waals surface area (Å²) in [6, 6.07) is 8.20. The minimum atomic E-state index is -3.45. The molecule has 0 saturated heterocycles. The minimum absolute atomic E-state index is 0.0436. The first-order valence-electron chi connectivity index (χ1n) is 5.82. The topological polar surface area (TPSA) is 66.4 Å². The van der Waals surface area contributed by atoms with Gasteiger partial charge in [0.05, 0.1) is 4.90 Å². The second-order valence-electron chi connectivity index (χ2n) is 4.41. The van der Waals surface area contributed by atoms with Crippen molar-refractivity contribution in [3.05, 3.63) is 30.3 Å². The lowest BCUT2D eigenvalue weighted by Crippen LogP contribution is -2.38. The normalized spacial score (nSPS) is 25.0. The van der Waals surface area contributed by atoms with Gasteiger partial charge in [0.15, 0.2) is 0 Å². The van der Waals surface area contributed by atoms with E-state index >= 15 is 0 Å². The number of sulfonamides is 1. The first kappa shape index (κ1) is 12.5. The molecular weight excluding hydrogens is 238 g/mol. The van der Waals surface area contributed by atoms with Crippen LogP contribution >= 0.6 is 0 Å². The number of hydrogen-bond acceptors (Lipinski definition) is 3. The standard InChI is InChI=1S/C12H17NO3S/c14-9-10-5-4-8-12(10)13-17(15,16)11-6-2-1-3-7-11/h1-3,6-7,10,12-14H,4-5,8-9H2. The molecular formula is C12H17NO3S. The monoisotopic (exact) mass is 255 g/mol. The molecule has 0 amide bonds. The number of hydrogen-bond donors (Lipinski definition) is 2. The Morgan fingerprint density at radius 2 is 1.94 bits per heavy atom. The summed E-state index contributed by atoms with van der Waals surface area (Å²) < 4.78 is 26.8. The lowest BCUT2D eigenvalue weighted by atomic mass is 10.1. The molecule has 17 heavy (non-hydrogen) atoms. The van der Waals surface area contributed by atoms with Crippen LogP contribution in [0.1, 0.15) is 19.3 Å². The third-order valence-electron chi connectivity index (χ3n) is 3.25. The summed E-state index contributed by atoms with van der Waals surface area (Å²) in [5.41, 5.74) is 0. The summed E-state index contributed by atoms with van der Waals surface area (Å²) in [5, 5.41) is 9.17. The zero-order valence-electron chi connectivity index (χ0n) is 9.54. The molecule has 1 fully saturated rings. The summed E-state index contributed by atoms with van der Waals surface area (Å²) >= 11 is 0. The second kappa shape index (κ2) is 5.16. The molecule has 4 nitrogen and oxygen atoms in total. The Morgan fingerprint density at radius 1 is 1.24 bits per heavy atom. The van der Waals surface area contributed by atoms with Crippen molar-refractivity contribution in [2.24, 2.45) is 5.92 Å². The number of nitrogens with one attached hydrogen (secondary N) is 1. The molecule has 1 aromatic rings. The maximum absolute atomic E-state index is 12.1. The summed E-state index contributed by atoms with van der Waals surface area (Å²) in [4.78, 5) is 0.281. The van der Waals surface area contributed by atoms with Crippen molar-refractivity contribution in [3.8, 4) is 0 Å². The van der Waals surface area contributed by atoms with E-state index in [1.165, 1.54) is 0 Å². The van der Waals surface area contributed by atoms with Crippen LogP contribution in [0, 0.1) is 5.92 Å². The Hall–Kier alpha value is -0.910. The third-order valence-corrected chi connectivity index (χ3v) is 4.76. The highest BCUT2D eigenvalue weighted by molar-refractivity contribution is 7.89.